The Balaban J connectivity index is 3.57. The molecule has 0 N–H and O–H groups in total. The van der Waals surface area contributed by atoms with E-state index in [0.29, 0.717) is 6.42 Å². The van der Waals surface area contributed by atoms with Gasteiger partial charge in [0.15, 0.2) is 0 Å². The first kappa shape index (κ1) is 8.42. The zero-order valence-electron chi connectivity index (χ0n) is 5.89. The first-order chi connectivity index (χ1) is 4.22. The molecule has 0 rings (SSSR count). The minimum absolute atomic E-state index is 0.0602. The van der Waals surface area contributed by atoms with Crippen LogP contribution in [0.5, 0.6) is 0 Å². The number of halogens is 1. The normalized spacial score (nSPS) is 16.2. The Morgan fingerprint density at radius 3 is 2.33 bits per heavy atom. The smallest absolute Gasteiger partial charge is 0.101 e. The van der Waals surface area contributed by atoms with E-state index in [1.54, 1.807) is 0 Å². The quantitative estimate of drug-likeness (QED) is 0.573. The van der Waals surface area contributed by atoms with Crippen LogP contribution >= 0.6 is 0 Å². The van der Waals surface area contributed by atoms with Gasteiger partial charge in [0.1, 0.15) is 6.17 Å². The number of rotatable bonds is 3. The van der Waals surface area contributed by atoms with Crippen LogP contribution in [0.2, 0.25) is 0 Å². The second-order valence-corrected chi connectivity index (χ2v) is 2.21. The highest BCUT2D eigenvalue weighted by Crippen LogP contribution is 2.14. The highest BCUT2D eigenvalue weighted by Gasteiger charge is 2.12. The summed E-state index contributed by atoms with van der Waals surface area (Å²) < 4.78 is 12.4. The Labute approximate surface area is 55.5 Å². The van der Waals surface area contributed by atoms with E-state index in [2.05, 4.69) is 0 Å². The molecule has 0 fully saturated rings. The molecule has 52 valence electrons. The van der Waals surface area contributed by atoms with Gasteiger partial charge < -0.3 is 0 Å². The van der Waals surface area contributed by atoms with Gasteiger partial charge in [0.05, 0.1) is 6.07 Å². The summed E-state index contributed by atoms with van der Waals surface area (Å²) in [5.41, 5.74) is 0. The summed E-state index contributed by atoms with van der Waals surface area (Å²) in [5, 5.41) is 8.20. The minimum Gasteiger partial charge on any atom is -0.247 e. The lowest BCUT2D eigenvalue weighted by Gasteiger charge is -2.10. The minimum atomic E-state index is -0.838. The molecule has 0 aromatic carbocycles. The van der Waals surface area contributed by atoms with E-state index < -0.39 is 6.17 Å². The van der Waals surface area contributed by atoms with Crippen molar-refractivity contribution in [1.82, 2.24) is 0 Å². The predicted octanol–water partition coefficient (Wildman–Crippen LogP) is 2.28. The molecule has 0 spiro atoms. The van der Waals surface area contributed by atoms with Crippen molar-refractivity contribution in [3.8, 4) is 6.07 Å². The van der Waals surface area contributed by atoms with Crippen molar-refractivity contribution >= 4 is 0 Å². The maximum Gasteiger partial charge on any atom is 0.101 e. The Morgan fingerprint density at radius 1 is 1.67 bits per heavy atom. The van der Waals surface area contributed by atoms with E-state index >= 15 is 0 Å². The average Bonchev–Trinajstić information content (AvgIpc) is 1.82. The first-order valence-electron chi connectivity index (χ1n) is 3.23. The lowest BCUT2D eigenvalue weighted by molar-refractivity contribution is 0.246. The van der Waals surface area contributed by atoms with Crippen LogP contribution in [0.3, 0.4) is 0 Å². The summed E-state index contributed by atoms with van der Waals surface area (Å²) in [6.07, 6.45) is 0.258. The summed E-state index contributed by atoms with van der Waals surface area (Å²) in [6, 6.07) is 1.96. The molecule has 0 aliphatic rings. The van der Waals surface area contributed by atoms with Gasteiger partial charge in [0.2, 0.25) is 0 Å². The third kappa shape index (κ3) is 3.07. The van der Waals surface area contributed by atoms with Gasteiger partial charge in [-0.3, -0.25) is 0 Å². The van der Waals surface area contributed by atoms with Gasteiger partial charge in [0.25, 0.3) is 0 Å². The summed E-state index contributed by atoms with van der Waals surface area (Å²) in [5.74, 6) is -0.0602. The van der Waals surface area contributed by atoms with E-state index in [1.807, 2.05) is 13.0 Å². The van der Waals surface area contributed by atoms with Crippen LogP contribution in [0, 0.1) is 17.2 Å². The van der Waals surface area contributed by atoms with Crippen molar-refractivity contribution < 1.29 is 4.39 Å². The molecular weight excluding hydrogens is 117 g/mol. The van der Waals surface area contributed by atoms with E-state index in [1.165, 1.54) is 6.92 Å². The Kier molecular flexibility index (Phi) is 4.04. The Hall–Kier alpha value is -0.580. The van der Waals surface area contributed by atoms with Gasteiger partial charge in [-0.15, -0.1) is 0 Å². The summed E-state index contributed by atoms with van der Waals surface area (Å²) >= 11 is 0. The first-order valence-corrected chi connectivity index (χ1v) is 3.23. The van der Waals surface area contributed by atoms with Gasteiger partial charge in [0, 0.05) is 12.3 Å². The average molecular weight is 129 g/mol. The second-order valence-electron chi connectivity index (χ2n) is 2.21. The third-order valence-corrected chi connectivity index (χ3v) is 1.53. The third-order valence-electron chi connectivity index (χ3n) is 1.53. The molecule has 0 bridgehead atoms. The molecule has 0 radical (unpaired) electrons. The van der Waals surface area contributed by atoms with Crippen molar-refractivity contribution in [2.75, 3.05) is 0 Å². The van der Waals surface area contributed by atoms with Crippen LogP contribution < -0.4 is 0 Å². The van der Waals surface area contributed by atoms with Crippen LogP contribution in [-0.4, -0.2) is 6.17 Å². The lowest BCUT2D eigenvalue weighted by atomic mass is 9.99. The Bertz CT molecular complexity index is 104. The molecule has 2 unspecified atom stereocenters. The molecule has 2 atom stereocenters. The van der Waals surface area contributed by atoms with Crippen LogP contribution in [0.4, 0.5) is 4.39 Å². The van der Waals surface area contributed by atoms with E-state index in [-0.39, 0.29) is 5.92 Å². The highest BCUT2D eigenvalue weighted by molar-refractivity contribution is 4.77. The van der Waals surface area contributed by atoms with Crippen molar-refractivity contribution in [2.24, 2.45) is 5.92 Å². The molecule has 0 heterocycles. The fraction of sp³-hybridized carbons (Fsp3) is 0.857. The topological polar surface area (TPSA) is 23.8 Å². The maximum atomic E-state index is 12.4. The lowest BCUT2D eigenvalue weighted by Crippen LogP contribution is -2.09. The molecule has 2 heteroatoms. The molecule has 0 aromatic heterocycles. The number of hydrogen-bond acceptors (Lipinski definition) is 1. The van der Waals surface area contributed by atoms with Gasteiger partial charge in [-0.05, 0) is 13.3 Å². The van der Waals surface area contributed by atoms with Gasteiger partial charge in [-0.25, -0.2) is 4.39 Å². The number of alkyl halides is 1. The molecule has 0 aliphatic heterocycles. The van der Waals surface area contributed by atoms with E-state index in [4.69, 9.17) is 5.26 Å². The van der Waals surface area contributed by atoms with Crippen molar-refractivity contribution in [3.63, 3.8) is 0 Å². The molecule has 0 saturated carbocycles. The van der Waals surface area contributed by atoms with Crippen molar-refractivity contribution in [1.29, 1.82) is 5.26 Å². The SMILES string of the molecule is CCC(CC#N)C(C)F. The number of nitriles is 1. The molecule has 1 nitrogen and oxygen atoms in total. The highest BCUT2D eigenvalue weighted by atomic mass is 19.1. The van der Waals surface area contributed by atoms with Gasteiger partial charge in [-0.1, -0.05) is 6.92 Å². The van der Waals surface area contributed by atoms with E-state index in [0.717, 1.165) is 6.42 Å². The summed E-state index contributed by atoms with van der Waals surface area (Å²) in [6.45, 7) is 3.41. The summed E-state index contributed by atoms with van der Waals surface area (Å²) in [7, 11) is 0. The van der Waals surface area contributed by atoms with Gasteiger partial charge in [-0.2, -0.15) is 5.26 Å². The van der Waals surface area contributed by atoms with Crippen LogP contribution in [0.25, 0.3) is 0 Å². The maximum absolute atomic E-state index is 12.4. The molecular formula is C7H12FN. The van der Waals surface area contributed by atoms with Gasteiger partial charge >= 0.3 is 0 Å². The fourth-order valence-electron chi connectivity index (χ4n) is 0.749. The standard InChI is InChI=1S/C7H12FN/c1-3-7(4-5-9)6(2)8/h6-7H,3-4H2,1-2H3. The zero-order chi connectivity index (χ0) is 7.28. The van der Waals surface area contributed by atoms with Crippen LogP contribution in [-0.2, 0) is 0 Å². The monoisotopic (exact) mass is 129 g/mol. The molecule has 0 amide bonds. The molecule has 0 aromatic rings. The number of hydrogen-bond donors (Lipinski definition) is 0. The van der Waals surface area contributed by atoms with Crippen molar-refractivity contribution in [3.05, 3.63) is 0 Å². The largest absolute Gasteiger partial charge is 0.247 e. The second kappa shape index (κ2) is 4.31. The summed E-state index contributed by atoms with van der Waals surface area (Å²) in [4.78, 5) is 0. The molecule has 0 saturated heterocycles. The fourth-order valence-corrected chi connectivity index (χ4v) is 0.749. The zero-order valence-corrected chi connectivity index (χ0v) is 5.89. The predicted molar refractivity (Wildman–Crippen MR) is 34.6 cm³/mol. The number of nitrogens with zero attached hydrogens (tertiary/aromatic N) is 1. The van der Waals surface area contributed by atoms with Crippen molar-refractivity contribution in [2.45, 2.75) is 32.9 Å². The van der Waals surface area contributed by atoms with E-state index in [9.17, 15) is 4.39 Å². The van der Waals surface area contributed by atoms with Crippen LogP contribution in [0.15, 0.2) is 0 Å². The Morgan fingerprint density at radius 2 is 2.22 bits per heavy atom. The molecule has 9 heavy (non-hydrogen) atoms. The molecule has 0 aliphatic carbocycles. The van der Waals surface area contributed by atoms with Crippen LogP contribution in [0.1, 0.15) is 26.7 Å².